The maximum Gasteiger partial charge on any atom is 0.0916 e. The molecule has 0 radical (unpaired) electrons. The molecular weight excluding hydrogens is 248 g/mol. The van der Waals surface area contributed by atoms with Gasteiger partial charge in [0.25, 0.3) is 0 Å². The van der Waals surface area contributed by atoms with E-state index in [1.807, 2.05) is 30.3 Å². The minimum Gasteiger partial charge on any atom is -0.387 e. The maximum atomic E-state index is 10.4. The van der Waals surface area contributed by atoms with Gasteiger partial charge in [-0.1, -0.05) is 30.3 Å². The molecule has 2 atom stereocenters. The number of benzene rings is 1. The van der Waals surface area contributed by atoms with Gasteiger partial charge in [0.15, 0.2) is 0 Å². The molecule has 3 rings (SSSR count). The topological polar surface area (TPSA) is 26.7 Å². The summed E-state index contributed by atoms with van der Waals surface area (Å²) in [6, 6.07) is 10.8. The fourth-order valence-corrected chi connectivity index (χ4v) is 3.63. The van der Waals surface area contributed by atoms with Crippen molar-refractivity contribution in [2.75, 3.05) is 32.7 Å². The van der Waals surface area contributed by atoms with Gasteiger partial charge in [0.2, 0.25) is 0 Å². The van der Waals surface area contributed by atoms with Crippen molar-refractivity contribution in [3.63, 3.8) is 0 Å². The van der Waals surface area contributed by atoms with Crippen LogP contribution in [-0.4, -0.2) is 53.7 Å². The van der Waals surface area contributed by atoms with Crippen LogP contribution in [0.3, 0.4) is 0 Å². The highest BCUT2D eigenvalue weighted by Gasteiger charge is 2.27. The van der Waals surface area contributed by atoms with Crippen LogP contribution in [0.5, 0.6) is 0 Å². The van der Waals surface area contributed by atoms with E-state index in [4.69, 9.17) is 0 Å². The molecule has 2 fully saturated rings. The highest BCUT2D eigenvalue weighted by molar-refractivity contribution is 5.17. The first-order valence-corrected chi connectivity index (χ1v) is 8.02. The zero-order valence-corrected chi connectivity index (χ0v) is 12.2. The molecule has 3 heteroatoms. The van der Waals surface area contributed by atoms with E-state index in [0.29, 0.717) is 6.04 Å². The third-order valence-electron chi connectivity index (χ3n) is 4.75. The van der Waals surface area contributed by atoms with Crippen LogP contribution in [0.4, 0.5) is 0 Å². The van der Waals surface area contributed by atoms with Gasteiger partial charge in [-0.25, -0.2) is 0 Å². The normalized spacial score (nSPS) is 26.8. The van der Waals surface area contributed by atoms with Crippen molar-refractivity contribution in [3.05, 3.63) is 35.9 Å². The predicted octanol–water partition coefficient (Wildman–Crippen LogP) is 2.28. The van der Waals surface area contributed by atoms with E-state index in [2.05, 4.69) is 9.80 Å². The molecule has 0 unspecified atom stereocenters. The summed E-state index contributed by atoms with van der Waals surface area (Å²) in [4.78, 5) is 5.10. The second-order valence-electron chi connectivity index (χ2n) is 6.23. The number of piperidine rings is 1. The lowest BCUT2D eigenvalue weighted by molar-refractivity contribution is 0.0651. The number of aliphatic hydroxyl groups excluding tert-OH is 1. The molecule has 1 aromatic carbocycles. The molecule has 0 spiro atoms. The van der Waals surface area contributed by atoms with E-state index in [0.717, 1.165) is 25.2 Å². The minimum atomic E-state index is -0.353. The van der Waals surface area contributed by atoms with Gasteiger partial charge in [0, 0.05) is 19.1 Å². The largest absolute Gasteiger partial charge is 0.387 e. The Morgan fingerprint density at radius 1 is 1.05 bits per heavy atom. The van der Waals surface area contributed by atoms with Gasteiger partial charge in [0.1, 0.15) is 0 Å². The minimum absolute atomic E-state index is 0.353. The molecule has 0 aliphatic carbocycles. The molecule has 0 saturated carbocycles. The van der Waals surface area contributed by atoms with Gasteiger partial charge in [-0.15, -0.1) is 0 Å². The summed E-state index contributed by atoms with van der Waals surface area (Å²) in [6.45, 7) is 5.59. The summed E-state index contributed by atoms with van der Waals surface area (Å²) in [6.07, 6.45) is 4.97. The van der Waals surface area contributed by atoms with Gasteiger partial charge in [-0.2, -0.15) is 0 Å². The average Bonchev–Trinajstić information content (AvgIpc) is 3.03. The Hall–Kier alpha value is -0.900. The molecule has 0 aromatic heterocycles. The van der Waals surface area contributed by atoms with Gasteiger partial charge < -0.3 is 5.11 Å². The van der Waals surface area contributed by atoms with Crippen LogP contribution in [0.15, 0.2) is 30.3 Å². The van der Waals surface area contributed by atoms with Crippen LogP contribution in [0.1, 0.15) is 37.4 Å². The Morgan fingerprint density at radius 2 is 1.80 bits per heavy atom. The van der Waals surface area contributed by atoms with Crippen molar-refractivity contribution in [2.45, 2.75) is 37.8 Å². The van der Waals surface area contributed by atoms with Crippen LogP contribution in [-0.2, 0) is 0 Å². The zero-order valence-electron chi connectivity index (χ0n) is 12.2. The SMILES string of the molecule is O[C@H](CN1CCC[C@@H](N2CCCC2)C1)c1ccccc1. The molecule has 110 valence electrons. The number of likely N-dealkylation sites (tertiary alicyclic amines) is 2. The van der Waals surface area contributed by atoms with Gasteiger partial charge in [-0.3, -0.25) is 9.80 Å². The summed E-state index contributed by atoms with van der Waals surface area (Å²) >= 11 is 0. The Balaban J connectivity index is 1.54. The summed E-state index contributed by atoms with van der Waals surface area (Å²) < 4.78 is 0. The summed E-state index contributed by atoms with van der Waals surface area (Å²) in [5, 5.41) is 10.4. The van der Waals surface area contributed by atoms with E-state index >= 15 is 0 Å². The number of nitrogens with zero attached hydrogens (tertiary/aromatic N) is 2. The molecular formula is C17H26N2O. The van der Waals surface area contributed by atoms with E-state index < -0.39 is 0 Å². The van der Waals surface area contributed by atoms with Gasteiger partial charge in [-0.05, 0) is 50.9 Å². The second-order valence-corrected chi connectivity index (χ2v) is 6.23. The fourth-order valence-electron chi connectivity index (χ4n) is 3.63. The van der Waals surface area contributed by atoms with E-state index in [9.17, 15) is 5.11 Å². The highest BCUT2D eigenvalue weighted by atomic mass is 16.3. The average molecular weight is 274 g/mol. The summed E-state index contributed by atoms with van der Waals surface area (Å²) in [7, 11) is 0. The lowest BCUT2D eigenvalue weighted by Gasteiger charge is -2.38. The number of aliphatic hydroxyl groups is 1. The van der Waals surface area contributed by atoms with Crippen LogP contribution in [0.2, 0.25) is 0 Å². The van der Waals surface area contributed by atoms with Crippen molar-refractivity contribution in [1.82, 2.24) is 9.80 Å². The molecule has 2 heterocycles. The molecule has 3 nitrogen and oxygen atoms in total. The lowest BCUT2D eigenvalue weighted by atomic mass is 10.0. The molecule has 1 aromatic rings. The zero-order chi connectivity index (χ0) is 13.8. The van der Waals surface area contributed by atoms with Crippen molar-refractivity contribution >= 4 is 0 Å². The predicted molar refractivity (Wildman–Crippen MR) is 81.7 cm³/mol. The Bertz CT molecular complexity index is 403. The third-order valence-corrected chi connectivity index (χ3v) is 4.75. The van der Waals surface area contributed by atoms with Crippen LogP contribution >= 0.6 is 0 Å². The first-order chi connectivity index (χ1) is 9.83. The molecule has 2 aliphatic rings. The molecule has 1 N–H and O–H groups in total. The van der Waals surface area contributed by atoms with Crippen molar-refractivity contribution in [3.8, 4) is 0 Å². The van der Waals surface area contributed by atoms with E-state index in [1.54, 1.807) is 0 Å². The number of hydrogen-bond donors (Lipinski definition) is 1. The van der Waals surface area contributed by atoms with Crippen molar-refractivity contribution in [2.24, 2.45) is 0 Å². The third kappa shape index (κ3) is 3.40. The summed E-state index contributed by atoms with van der Waals surface area (Å²) in [5.41, 5.74) is 1.04. The molecule has 0 bridgehead atoms. The van der Waals surface area contributed by atoms with Crippen LogP contribution in [0.25, 0.3) is 0 Å². The summed E-state index contributed by atoms with van der Waals surface area (Å²) in [5.74, 6) is 0. The monoisotopic (exact) mass is 274 g/mol. The first-order valence-electron chi connectivity index (χ1n) is 8.02. The van der Waals surface area contributed by atoms with Crippen LogP contribution < -0.4 is 0 Å². The molecule has 0 amide bonds. The maximum absolute atomic E-state index is 10.4. The van der Waals surface area contributed by atoms with E-state index in [-0.39, 0.29) is 6.10 Å². The Kier molecular flexibility index (Phi) is 4.71. The molecule has 20 heavy (non-hydrogen) atoms. The lowest BCUT2D eigenvalue weighted by Crippen LogP contribution is -2.47. The number of hydrogen-bond acceptors (Lipinski definition) is 3. The Morgan fingerprint density at radius 3 is 2.55 bits per heavy atom. The van der Waals surface area contributed by atoms with Crippen molar-refractivity contribution < 1.29 is 5.11 Å². The van der Waals surface area contributed by atoms with Gasteiger partial charge in [0.05, 0.1) is 6.10 Å². The van der Waals surface area contributed by atoms with Crippen molar-refractivity contribution in [1.29, 1.82) is 0 Å². The second kappa shape index (κ2) is 6.70. The number of rotatable bonds is 4. The Labute approximate surface area is 122 Å². The molecule has 2 aliphatic heterocycles. The standard InChI is InChI=1S/C17H26N2O/c20-17(15-7-2-1-3-8-15)14-18-10-6-9-16(13-18)19-11-4-5-12-19/h1-3,7-8,16-17,20H,4-6,9-14H2/t16-,17-/m1/s1. The van der Waals surface area contributed by atoms with E-state index in [1.165, 1.54) is 38.8 Å². The first kappa shape index (κ1) is 14.1. The fraction of sp³-hybridized carbons (Fsp3) is 0.647. The highest BCUT2D eigenvalue weighted by Crippen LogP contribution is 2.22. The number of β-amino-alcohol motifs (C(OH)–C–C–N with tert-alkyl or cyclic N) is 1. The smallest absolute Gasteiger partial charge is 0.0916 e. The van der Waals surface area contributed by atoms with Crippen LogP contribution in [0, 0.1) is 0 Å². The quantitative estimate of drug-likeness (QED) is 0.912. The molecule has 2 saturated heterocycles. The van der Waals surface area contributed by atoms with Gasteiger partial charge >= 0.3 is 0 Å².